The minimum absolute atomic E-state index is 0.112. The number of carbonyl (C=O) groups is 2. The maximum atomic E-state index is 13.8. The second kappa shape index (κ2) is 6.73. The van der Waals surface area contributed by atoms with Crippen LogP contribution in [-0.4, -0.2) is 18.4 Å². The van der Waals surface area contributed by atoms with Crippen molar-refractivity contribution in [3.63, 3.8) is 0 Å². The quantitative estimate of drug-likeness (QED) is 0.863. The topological polar surface area (TPSA) is 49.4 Å². The number of amides is 2. The first kappa shape index (κ1) is 16.6. The van der Waals surface area contributed by atoms with Gasteiger partial charge in [-0.15, -0.1) is 0 Å². The molecule has 1 atom stereocenters. The SMILES string of the molecule is Cc1ccc(F)c(NC(=O)C2CC(=O)N(c3ccccc3Br)C2)c1. The number of aryl methyl sites for hydroxylation is 1. The van der Waals surface area contributed by atoms with Crippen molar-refractivity contribution in [3.8, 4) is 0 Å². The summed E-state index contributed by atoms with van der Waals surface area (Å²) < 4.78 is 14.6. The Morgan fingerprint density at radius 3 is 2.79 bits per heavy atom. The lowest BCUT2D eigenvalue weighted by Gasteiger charge is -2.18. The molecule has 4 nitrogen and oxygen atoms in total. The molecule has 124 valence electrons. The first-order valence-electron chi connectivity index (χ1n) is 7.57. The molecule has 1 aliphatic heterocycles. The standard InChI is InChI=1S/C18H16BrFN2O2/c1-11-6-7-14(20)15(8-11)21-18(24)12-9-17(23)22(10-12)16-5-3-2-4-13(16)19/h2-8,12H,9-10H2,1H3,(H,21,24). The van der Waals surface area contributed by atoms with Gasteiger partial charge in [0.2, 0.25) is 11.8 Å². The normalized spacial score (nSPS) is 17.2. The highest BCUT2D eigenvalue weighted by Gasteiger charge is 2.36. The summed E-state index contributed by atoms with van der Waals surface area (Å²) in [6.45, 7) is 2.10. The predicted molar refractivity (Wildman–Crippen MR) is 94.4 cm³/mol. The molecule has 3 rings (SSSR count). The molecule has 24 heavy (non-hydrogen) atoms. The molecule has 2 aromatic carbocycles. The van der Waals surface area contributed by atoms with Crippen molar-refractivity contribution < 1.29 is 14.0 Å². The molecule has 0 saturated carbocycles. The van der Waals surface area contributed by atoms with Gasteiger partial charge in [-0.3, -0.25) is 9.59 Å². The number of rotatable bonds is 3. The van der Waals surface area contributed by atoms with E-state index < -0.39 is 11.7 Å². The Balaban J connectivity index is 1.75. The van der Waals surface area contributed by atoms with Crippen molar-refractivity contribution in [1.82, 2.24) is 0 Å². The molecule has 1 N–H and O–H groups in total. The van der Waals surface area contributed by atoms with E-state index in [1.807, 2.05) is 31.2 Å². The second-order valence-electron chi connectivity index (χ2n) is 5.83. The number of anilines is 2. The van der Waals surface area contributed by atoms with Crippen molar-refractivity contribution in [2.45, 2.75) is 13.3 Å². The molecule has 1 saturated heterocycles. The van der Waals surface area contributed by atoms with Crippen LogP contribution in [0.4, 0.5) is 15.8 Å². The zero-order chi connectivity index (χ0) is 17.3. The summed E-state index contributed by atoms with van der Waals surface area (Å²) in [5.41, 5.74) is 1.73. The highest BCUT2D eigenvalue weighted by atomic mass is 79.9. The summed E-state index contributed by atoms with van der Waals surface area (Å²) >= 11 is 3.42. The summed E-state index contributed by atoms with van der Waals surface area (Å²) in [4.78, 5) is 26.3. The van der Waals surface area contributed by atoms with E-state index in [2.05, 4.69) is 21.2 Å². The fourth-order valence-electron chi connectivity index (χ4n) is 2.76. The third-order valence-electron chi connectivity index (χ3n) is 4.02. The number of halogens is 2. The lowest BCUT2D eigenvalue weighted by molar-refractivity contribution is -0.122. The van der Waals surface area contributed by atoms with Gasteiger partial charge in [0.25, 0.3) is 0 Å². The van der Waals surface area contributed by atoms with Crippen LogP contribution >= 0.6 is 15.9 Å². The van der Waals surface area contributed by atoms with Crippen LogP contribution in [0, 0.1) is 18.7 Å². The predicted octanol–water partition coefficient (Wildman–Crippen LogP) is 3.89. The molecule has 1 aliphatic rings. The van der Waals surface area contributed by atoms with Crippen LogP contribution in [0.2, 0.25) is 0 Å². The molecule has 0 aromatic heterocycles. The van der Waals surface area contributed by atoms with Crippen molar-refractivity contribution in [2.24, 2.45) is 5.92 Å². The van der Waals surface area contributed by atoms with Gasteiger partial charge < -0.3 is 10.2 Å². The highest BCUT2D eigenvalue weighted by Crippen LogP contribution is 2.31. The van der Waals surface area contributed by atoms with E-state index in [0.29, 0.717) is 0 Å². The average molecular weight is 391 g/mol. The summed E-state index contributed by atoms with van der Waals surface area (Å²) in [6, 6.07) is 11.9. The molecular formula is C18H16BrFN2O2. The molecule has 2 amide bonds. The van der Waals surface area contributed by atoms with Crippen LogP contribution in [0.1, 0.15) is 12.0 Å². The van der Waals surface area contributed by atoms with Crippen LogP contribution in [0.15, 0.2) is 46.9 Å². The van der Waals surface area contributed by atoms with Gasteiger partial charge in [0, 0.05) is 17.4 Å². The van der Waals surface area contributed by atoms with Crippen LogP contribution in [0.25, 0.3) is 0 Å². The molecule has 0 aliphatic carbocycles. The molecule has 0 spiro atoms. The maximum absolute atomic E-state index is 13.8. The summed E-state index contributed by atoms with van der Waals surface area (Å²) in [5, 5.41) is 2.60. The molecule has 0 radical (unpaired) electrons. The van der Waals surface area contributed by atoms with Gasteiger partial charge >= 0.3 is 0 Å². The molecule has 6 heteroatoms. The molecule has 0 bridgehead atoms. The van der Waals surface area contributed by atoms with Gasteiger partial charge in [0.05, 0.1) is 17.3 Å². The van der Waals surface area contributed by atoms with Crippen molar-refractivity contribution in [2.75, 3.05) is 16.8 Å². The zero-order valence-corrected chi connectivity index (χ0v) is 14.6. The Labute approximate surface area is 147 Å². The Bertz CT molecular complexity index is 809. The van der Waals surface area contributed by atoms with Gasteiger partial charge in [-0.1, -0.05) is 18.2 Å². The van der Waals surface area contributed by atoms with E-state index in [0.717, 1.165) is 15.7 Å². The fourth-order valence-corrected chi connectivity index (χ4v) is 3.26. The van der Waals surface area contributed by atoms with Crippen molar-refractivity contribution in [3.05, 3.63) is 58.3 Å². The van der Waals surface area contributed by atoms with Crippen LogP contribution in [0.3, 0.4) is 0 Å². The fraction of sp³-hybridized carbons (Fsp3) is 0.222. The first-order valence-corrected chi connectivity index (χ1v) is 8.37. The number of para-hydroxylation sites is 1. The number of hydrogen-bond acceptors (Lipinski definition) is 2. The Morgan fingerprint density at radius 2 is 2.04 bits per heavy atom. The number of nitrogens with zero attached hydrogens (tertiary/aromatic N) is 1. The van der Waals surface area contributed by atoms with E-state index >= 15 is 0 Å². The van der Waals surface area contributed by atoms with Gasteiger partial charge in [0.15, 0.2) is 0 Å². The minimum atomic E-state index is -0.510. The zero-order valence-electron chi connectivity index (χ0n) is 13.1. The average Bonchev–Trinajstić information content (AvgIpc) is 2.93. The van der Waals surface area contributed by atoms with E-state index in [1.165, 1.54) is 6.07 Å². The molecule has 2 aromatic rings. The monoisotopic (exact) mass is 390 g/mol. The molecule has 1 unspecified atom stereocenters. The van der Waals surface area contributed by atoms with Gasteiger partial charge in [-0.2, -0.15) is 0 Å². The third-order valence-corrected chi connectivity index (χ3v) is 4.69. The van der Waals surface area contributed by atoms with E-state index in [9.17, 15) is 14.0 Å². The summed E-state index contributed by atoms with van der Waals surface area (Å²) in [6.07, 6.45) is 0.112. The minimum Gasteiger partial charge on any atom is -0.323 e. The Hall–Kier alpha value is -2.21. The smallest absolute Gasteiger partial charge is 0.229 e. The van der Waals surface area contributed by atoms with Crippen molar-refractivity contribution >= 4 is 39.1 Å². The Morgan fingerprint density at radius 1 is 1.29 bits per heavy atom. The Kier molecular flexibility index (Phi) is 4.66. The van der Waals surface area contributed by atoms with Gasteiger partial charge in [-0.05, 0) is 52.7 Å². The first-order chi connectivity index (χ1) is 11.5. The van der Waals surface area contributed by atoms with Crippen LogP contribution in [0.5, 0.6) is 0 Å². The lowest BCUT2D eigenvalue weighted by atomic mass is 10.1. The van der Waals surface area contributed by atoms with Gasteiger partial charge in [-0.25, -0.2) is 4.39 Å². The third kappa shape index (κ3) is 3.33. The lowest BCUT2D eigenvalue weighted by Crippen LogP contribution is -2.28. The van der Waals surface area contributed by atoms with Gasteiger partial charge in [0.1, 0.15) is 5.82 Å². The van der Waals surface area contributed by atoms with E-state index in [4.69, 9.17) is 0 Å². The maximum Gasteiger partial charge on any atom is 0.229 e. The summed E-state index contributed by atoms with van der Waals surface area (Å²) in [7, 11) is 0. The molecular weight excluding hydrogens is 375 g/mol. The molecule has 1 heterocycles. The van der Waals surface area contributed by atoms with E-state index in [1.54, 1.807) is 17.0 Å². The van der Waals surface area contributed by atoms with Crippen LogP contribution in [-0.2, 0) is 9.59 Å². The summed E-state index contributed by atoms with van der Waals surface area (Å²) in [5.74, 6) is -1.46. The van der Waals surface area contributed by atoms with Crippen LogP contribution < -0.4 is 10.2 Å². The largest absolute Gasteiger partial charge is 0.323 e. The number of carbonyl (C=O) groups excluding carboxylic acids is 2. The number of benzene rings is 2. The van der Waals surface area contributed by atoms with Crippen molar-refractivity contribution in [1.29, 1.82) is 0 Å². The highest BCUT2D eigenvalue weighted by molar-refractivity contribution is 9.10. The second-order valence-corrected chi connectivity index (χ2v) is 6.68. The van der Waals surface area contributed by atoms with E-state index in [-0.39, 0.29) is 30.5 Å². The molecule has 1 fully saturated rings. The number of hydrogen-bond donors (Lipinski definition) is 1. The number of nitrogens with one attached hydrogen (secondary N) is 1.